The monoisotopic (exact) mass is 401 g/mol. The molecule has 4 nitrogen and oxygen atoms in total. The number of Topliss-reactive ketones (excluding diaryl/α,β-unsaturated/α-hetero) is 1. The Balaban J connectivity index is 1.71. The van der Waals surface area contributed by atoms with Gasteiger partial charge in [-0.05, 0) is 23.1 Å². The molecule has 1 N–H and O–H groups in total. The molecule has 0 unspecified atom stereocenters. The van der Waals surface area contributed by atoms with Crippen LogP contribution < -0.4 is 0 Å². The summed E-state index contributed by atoms with van der Waals surface area (Å²) < 4.78 is 0. The molecule has 0 radical (unpaired) electrons. The summed E-state index contributed by atoms with van der Waals surface area (Å²) in [6, 6.07) is 28.5. The van der Waals surface area contributed by atoms with E-state index < -0.39 is 12.0 Å². The summed E-state index contributed by atoms with van der Waals surface area (Å²) in [5, 5.41) is 9.95. The van der Waals surface area contributed by atoms with Gasteiger partial charge in [-0.25, -0.2) is 0 Å². The number of nitrogens with zero attached hydrogens (tertiary/aromatic N) is 1. The van der Waals surface area contributed by atoms with Gasteiger partial charge >= 0.3 is 5.97 Å². The first-order valence-electron chi connectivity index (χ1n) is 10.2. The molecule has 3 rings (SSSR count). The summed E-state index contributed by atoms with van der Waals surface area (Å²) in [7, 11) is 0. The van der Waals surface area contributed by atoms with Crippen LogP contribution in [0, 0.1) is 0 Å². The molecule has 0 heterocycles. The van der Waals surface area contributed by atoms with Gasteiger partial charge in [0.1, 0.15) is 11.8 Å². The van der Waals surface area contributed by atoms with Crippen molar-refractivity contribution >= 4 is 11.8 Å². The fourth-order valence-electron chi connectivity index (χ4n) is 3.58. The number of ketones is 1. The standard InChI is InChI=1S/C26H27NO3/c28-24(18-21-10-4-1-5-11-21)16-17-25(26(29)30)27(19-22-12-6-2-7-13-22)20-23-14-8-3-9-15-23/h1-15,25H,16-20H2,(H,29,30)/t25-/m0/s1. The lowest BCUT2D eigenvalue weighted by Gasteiger charge is -2.29. The van der Waals surface area contributed by atoms with Crippen LogP contribution in [0.25, 0.3) is 0 Å². The van der Waals surface area contributed by atoms with Gasteiger partial charge in [-0.2, -0.15) is 0 Å². The van der Waals surface area contributed by atoms with E-state index in [-0.39, 0.29) is 12.2 Å². The minimum absolute atomic E-state index is 0.0619. The smallest absolute Gasteiger partial charge is 0.320 e. The Bertz CT molecular complexity index is 885. The Kier molecular flexibility index (Phi) is 7.93. The number of carbonyl (C=O) groups excluding carboxylic acids is 1. The van der Waals surface area contributed by atoms with Gasteiger partial charge in [-0.15, -0.1) is 0 Å². The number of rotatable bonds is 11. The van der Waals surface area contributed by atoms with Crippen LogP contribution in [0.2, 0.25) is 0 Å². The van der Waals surface area contributed by atoms with Crippen molar-refractivity contribution in [2.45, 2.75) is 38.4 Å². The van der Waals surface area contributed by atoms with E-state index in [2.05, 4.69) is 0 Å². The fourth-order valence-corrected chi connectivity index (χ4v) is 3.58. The Morgan fingerprint density at radius 3 is 1.57 bits per heavy atom. The zero-order chi connectivity index (χ0) is 21.2. The van der Waals surface area contributed by atoms with Crippen LogP contribution in [-0.4, -0.2) is 27.8 Å². The quantitative estimate of drug-likeness (QED) is 0.504. The van der Waals surface area contributed by atoms with Crippen molar-refractivity contribution in [1.82, 2.24) is 4.90 Å². The Morgan fingerprint density at radius 1 is 0.700 bits per heavy atom. The van der Waals surface area contributed by atoms with Gasteiger partial charge in [0.2, 0.25) is 0 Å². The molecule has 1 atom stereocenters. The van der Waals surface area contributed by atoms with E-state index in [1.54, 1.807) is 0 Å². The maximum absolute atomic E-state index is 12.5. The zero-order valence-electron chi connectivity index (χ0n) is 17.0. The number of carbonyl (C=O) groups is 2. The zero-order valence-corrected chi connectivity index (χ0v) is 17.0. The Labute approximate surface area is 177 Å². The molecular formula is C26H27NO3. The van der Waals surface area contributed by atoms with Gasteiger partial charge < -0.3 is 5.11 Å². The van der Waals surface area contributed by atoms with E-state index in [0.717, 1.165) is 16.7 Å². The number of carboxylic acids is 1. The fraction of sp³-hybridized carbons (Fsp3) is 0.231. The normalized spacial score (nSPS) is 11.9. The van der Waals surface area contributed by atoms with Crippen LogP contribution >= 0.6 is 0 Å². The third-order valence-corrected chi connectivity index (χ3v) is 5.12. The predicted octanol–water partition coefficient (Wildman–Crippen LogP) is 4.73. The summed E-state index contributed by atoms with van der Waals surface area (Å²) in [4.78, 5) is 26.6. The first-order chi connectivity index (χ1) is 14.6. The largest absolute Gasteiger partial charge is 0.480 e. The van der Waals surface area contributed by atoms with Gasteiger partial charge in [0.05, 0.1) is 0 Å². The van der Waals surface area contributed by atoms with Crippen LogP contribution in [0.3, 0.4) is 0 Å². The van der Waals surface area contributed by atoms with Crippen LogP contribution in [0.15, 0.2) is 91.0 Å². The minimum Gasteiger partial charge on any atom is -0.480 e. The number of hydrogen-bond donors (Lipinski definition) is 1. The molecular weight excluding hydrogens is 374 g/mol. The summed E-state index contributed by atoms with van der Waals surface area (Å²) in [6.07, 6.45) is 0.872. The topological polar surface area (TPSA) is 57.6 Å². The van der Waals surface area contributed by atoms with Crippen molar-refractivity contribution in [3.8, 4) is 0 Å². The summed E-state index contributed by atoms with van der Waals surface area (Å²) in [5.74, 6) is -0.832. The lowest BCUT2D eigenvalue weighted by atomic mass is 10.0. The van der Waals surface area contributed by atoms with Gasteiger partial charge in [0.15, 0.2) is 0 Å². The lowest BCUT2D eigenvalue weighted by molar-refractivity contribution is -0.144. The van der Waals surface area contributed by atoms with E-state index >= 15 is 0 Å². The van der Waals surface area contributed by atoms with Gasteiger partial charge in [0, 0.05) is 25.9 Å². The van der Waals surface area contributed by atoms with E-state index in [9.17, 15) is 14.7 Å². The van der Waals surface area contributed by atoms with Gasteiger partial charge in [-0.1, -0.05) is 91.0 Å². The summed E-state index contributed by atoms with van der Waals surface area (Å²) in [6.45, 7) is 1.03. The van der Waals surface area contributed by atoms with Crippen LogP contribution in [0.4, 0.5) is 0 Å². The number of hydrogen-bond acceptors (Lipinski definition) is 3. The van der Waals surface area contributed by atoms with E-state index in [0.29, 0.717) is 25.9 Å². The Morgan fingerprint density at radius 2 is 1.13 bits per heavy atom. The molecule has 3 aromatic carbocycles. The van der Waals surface area contributed by atoms with Crippen LogP contribution in [0.5, 0.6) is 0 Å². The summed E-state index contributed by atoms with van der Waals surface area (Å²) >= 11 is 0. The first-order valence-corrected chi connectivity index (χ1v) is 10.2. The molecule has 154 valence electrons. The second kappa shape index (κ2) is 11.1. The molecule has 0 aliphatic heterocycles. The van der Waals surface area contributed by atoms with Crippen molar-refractivity contribution in [1.29, 1.82) is 0 Å². The highest BCUT2D eigenvalue weighted by Gasteiger charge is 2.26. The lowest BCUT2D eigenvalue weighted by Crippen LogP contribution is -2.40. The molecule has 0 aromatic heterocycles. The first kappa shape index (κ1) is 21.5. The van der Waals surface area contributed by atoms with Gasteiger partial charge in [-0.3, -0.25) is 14.5 Å². The second-order valence-electron chi connectivity index (χ2n) is 7.47. The van der Waals surface area contributed by atoms with E-state index in [1.165, 1.54) is 0 Å². The molecule has 0 fully saturated rings. The van der Waals surface area contributed by atoms with Crippen LogP contribution in [0.1, 0.15) is 29.5 Å². The maximum Gasteiger partial charge on any atom is 0.320 e. The highest BCUT2D eigenvalue weighted by atomic mass is 16.4. The Hall–Kier alpha value is -3.24. The third-order valence-electron chi connectivity index (χ3n) is 5.12. The molecule has 0 aliphatic carbocycles. The number of carboxylic acid groups (broad SMARTS) is 1. The molecule has 30 heavy (non-hydrogen) atoms. The van der Waals surface area contributed by atoms with Crippen molar-refractivity contribution in [2.24, 2.45) is 0 Å². The number of aliphatic carboxylic acids is 1. The highest BCUT2D eigenvalue weighted by Crippen LogP contribution is 2.18. The van der Waals surface area contributed by atoms with Crippen molar-refractivity contribution in [3.05, 3.63) is 108 Å². The average Bonchev–Trinajstić information content (AvgIpc) is 2.76. The molecule has 4 heteroatoms. The SMILES string of the molecule is O=C(CC[C@@H](C(=O)O)N(Cc1ccccc1)Cc1ccccc1)Cc1ccccc1. The highest BCUT2D eigenvalue weighted by molar-refractivity contribution is 5.82. The summed E-state index contributed by atoms with van der Waals surface area (Å²) in [5.41, 5.74) is 3.06. The minimum atomic E-state index is -0.894. The van der Waals surface area contributed by atoms with E-state index in [4.69, 9.17) is 0 Å². The van der Waals surface area contributed by atoms with E-state index in [1.807, 2.05) is 95.9 Å². The molecule has 0 amide bonds. The maximum atomic E-state index is 12.5. The molecule has 0 saturated heterocycles. The second-order valence-corrected chi connectivity index (χ2v) is 7.47. The molecule has 0 spiro atoms. The van der Waals surface area contributed by atoms with Crippen molar-refractivity contribution in [2.75, 3.05) is 0 Å². The number of benzene rings is 3. The van der Waals surface area contributed by atoms with Gasteiger partial charge in [0.25, 0.3) is 0 Å². The molecule has 0 aliphatic rings. The molecule has 0 bridgehead atoms. The van der Waals surface area contributed by atoms with Crippen LogP contribution in [-0.2, 0) is 29.1 Å². The van der Waals surface area contributed by atoms with Crippen molar-refractivity contribution in [3.63, 3.8) is 0 Å². The predicted molar refractivity (Wildman–Crippen MR) is 118 cm³/mol. The molecule has 3 aromatic rings. The van der Waals surface area contributed by atoms with Crippen molar-refractivity contribution < 1.29 is 14.7 Å². The average molecular weight is 402 g/mol. The molecule has 0 saturated carbocycles. The third kappa shape index (κ3) is 6.68.